The highest BCUT2D eigenvalue weighted by atomic mass is 15.1. The molecule has 16 aromatic heterocycles. The zero-order chi connectivity index (χ0) is 96.3. The maximum absolute atomic E-state index is 4.72. The van der Waals surface area contributed by atoms with Crippen molar-refractivity contribution in [2.45, 2.75) is 25.7 Å². The number of fused-ring (bicyclic) bond motifs is 51. The number of para-hydroxylation sites is 8. The Balaban J connectivity index is 0.0000000859. The standard InChI is InChI=1S/4C33H20N4/c1-2-7-21(8-3-1)37-30-11-5-4-9-23(30)24-13-12-22-26-19-27-25-10-6-14-34-32(25)36-16-15-35-33(36)29(27)18-20(26)17-28(22)31(24)37;1-2-7-22(8-3-1)37-28-11-5-4-9-24(28)31-29(37)13-12-20-17-21-18-27-26(19-25(21)30(20)31)23-10-6-14-34-32(23)36-16-15-35-33(27)36;1-2-7-22(8-3-1)37-29-11-5-4-9-23(29)24-13-12-20-17-21-18-28-27(19-26(21)30(20)31(24)37)25-10-6-14-34-32(25)36-16-15-35-33(28)36;1-2-7-22(8-3-1)37-30-11-5-4-9-23(30)28-19-26-21(17-31(28)37)15-20-16-29-27(18-25(20)26)24-10-6-12-34-32(24)36-14-13-35-33(29)36/h3*1-16,18-19H,17H2;1-14,16-19H,15H2. The third-order valence-corrected chi connectivity index (χ3v) is 32.1. The van der Waals surface area contributed by atoms with E-state index in [0.29, 0.717) is 0 Å². The van der Waals surface area contributed by atoms with Crippen LogP contribution in [-0.2, 0) is 25.7 Å². The van der Waals surface area contributed by atoms with Gasteiger partial charge in [-0.2, -0.15) is 0 Å². The van der Waals surface area contributed by atoms with Crippen molar-refractivity contribution in [2.24, 2.45) is 0 Å². The molecule has 4 aliphatic rings. The SMILES string of the molecule is c1ccc(-n2c3ccccc3c3c4c(ccc32)Cc2cc3c(cc2-4)c2cccnc2n2ccnc32)cc1.c1ccc(-n2c3ccccc3c3cc4c(cc32)Cc2cc3c(cc2-4)c2cccnc2n2ccnc32)cc1.c1ccc(-n2c3ccccc3c3ccc4c(c32)-c2cc3c5cccnc5n5ccnc5c3cc2C4)cc1.c1ccc(-n2c3ccccc3c3ccc4c(c32)Cc2cc3c(cc2-4)c2cccnc2n2ccnc32)cc1. The minimum Gasteiger partial charge on any atom is -0.309 e. The number of nitrogens with zero attached hydrogens (tertiary/aromatic N) is 16. The smallest absolute Gasteiger partial charge is 0.146 e. The first-order valence-corrected chi connectivity index (χ1v) is 50.6. The van der Waals surface area contributed by atoms with Gasteiger partial charge in [-0.1, -0.05) is 176 Å². The van der Waals surface area contributed by atoms with Crippen molar-refractivity contribution in [1.82, 2.24) is 75.7 Å². The molecule has 0 aliphatic heterocycles. The van der Waals surface area contributed by atoms with Gasteiger partial charge in [0.05, 0.1) is 44.1 Å². The lowest BCUT2D eigenvalue weighted by molar-refractivity contribution is 1.15. The number of imidazole rings is 4. The molecule has 0 radical (unpaired) electrons. The van der Waals surface area contributed by atoms with E-state index < -0.39 is 0 Å². The summed E-state index contributed by atoms with van der Waals surface area (Å²) in [5.74, 6) is 0. The van der Waals surface area contributed by atoms with Gasteiger partial charge in [-0.15, -0.1) is 0 Å². The fourth-order valence-corrected chi connectivity index (χ4v) is 26.0. The van der Waals surface area contributed by atoms with E-state index >= 15 is 0 Å². The molecule has 16 heterocycles. The maximum atomic E-state index is 4.72. The van der Waals surface area contributed by atoms with Crippen molar-refractivity contribution >= 4 is 197 Å². The Labute approximate surface area is 842 Å². The van der Waals surface area contributed by atoms with E-state index in [9.17, 15) is 0 Å². The zero-order valence-corrected chi connectivity index (χ0v) is 79.6. The molecule has 0 unspecified atom stereocenters. The van der Waals surface area contributed by atoms with E-state index in [4.69, 9.17) is 39.9 Å². The van der Waals surface area contributed by atoms with Gasteiger partial charge in [0, 0.05) is 195 Å². The highest BCUT2D eigenvalue weighted by Crippen LogP contribution is 2.54. The van der Waals surface area contributed by atoms with Gasteiger partial charge < -0.3 is 18.3 Å². The van der Waals surface area contributed by atoms with Crippen LogP contribution >= 0.6 is 0 Å². The largest absolute Gasteiger partial charge is 0.309 e. The number of pyridine rings is 8. The zero-order valence-electron chi connectivity index (χ0n) is 79.6. The summed E-state index contributed by atoms with van der Waals surface area (Å²) < 4.78 is 18.1. The summed E-state index contributed by atoms with van der Waals surface area (Å²) in [5, 5.41) is 24.5. The third kappa shape index (κ3) is 11.5. The molecule has 0 saturated carbocycles. The Hall–Kier alpha value is -19.8. The summed E-state index contributed by atoms with van der Waals surface area (Å²) in [6.45, 7) is 0. The van der Waals surface area contributed by atoms with Gasteiger partial charge in [0.15, 0.2) is 0 Å². The third-order valence-electron chi connectivity index (χ3n) is 32.1. The molecule has 0 fully saturated rings. The van der Waals surface area contributed by atoms with Crippen LogP contribution in [0.3, 0.4) is 0 Å². The summed E-state index contributed by atoms with van der Waals surface area (Å²) in [5.41, 5.74) is 44.0. The van der Waals surface area contributed by atoms with Crippen molar-refractivity contribution in [3.63, 3.8) is 0 Å². The summed E-state index contributed by atoms with van der Waals surface area (Å²) in [6.07, 6.45) is 26.6. The first kappa shape index (κ1) is 80.8. The molecule has 0 spiro atoms. The molecule has 16 nitrogen and oxygen atoms in total. The van der Waals surface area contributed by atoms with Gasteiger partial charge in [-0.25, -0.2) is 39.9 Å². The van der Waals surface area contributed by atoms with Crippen LogP contribution in [0.2, 0.25) is 0 Å². The first-order valence-electron chi connectivity index (χ1n) is 50.6. The lowest BCUT2D eigenvalue weighted by Gasteiger charge is -2.13. The molecule has 0 N–H and O–H groups in total. The lowest BCUT2D eigenvalue weighted by atomic mass is 9.96. The van der Waals surface area contributed by atoms with Crippen molar-refractivity contribution in [3.05, 3.63) is 483 Å². The van der Waals surface area contributed by atoms with E-state index in [-0.39, 0.29) is 0 Å². The summed E-state index contributed by atoms with van der Waals surface area (Å²) in [6, 6.07) is 132. The van der Waals surface area contributed by atoms with Crippen LogP contribution in [0, 0.1) is 0 Å². The van der Waals surface area contributed by atoms with Crippen LogP contribution in [0.25, 0.3) is 264 Å². The highest BCUT2D eigenvalue weighted by molar-refractivity contribution is 6.24. The molecular weight excluding hydrogens is 1810 g/mol. The maximum Gasteiger partial charge on any atom is 0.146 e. The Bertz CT molecular complexity index is 11400. The van der Waals surface area contributed by atoms with E-state index in [0.717, 1.165) is 92.4 Å². The minimum absolute atomic E-state index is 0.902. The van der Waals surface area contributed by atoms with Crippen LogP contribution in [0.15, 0.2) is 438 Å². The van der Waals surface area contributed by atoms with E-state index in [1.165, 1.54) is 242 Å². The second-order valence-electron chi connectivity index (χ2n) is 39.7. The topological polar surface area (TPSA) is 140 Å². The number of hydrogen-bond donors (Lipinski definition) is 0. The molecule has 16 heteroatoms. The average molecular weight is 1890 g/mol. The van der Waals surface area contributed by atoms with Crippen molar-refractivity contribution in [1.29, 1.82) is 0 Å². The molecule has 148 heavy (non-hydrogen) atoms. The predicted molar refractivity (Wildman–Crippen MR) is 602 cm³/mol. The molecule has 0 bridgehead atoms. The first-order chi connectivity index (χ1) is 73.4. The second kappa shape index (κ2) is 30.8. The van der Waals surface area contributed by atoms with Crippen LogP contribution in [0.1, 0.15) is 44.5 Å². The van der Waals surface area contributed by atoms with Gasteiger partial charge in [-0.05, 0) is 312 Å². The van der Waals surface area contributed by atoms with Crippen molar-refractivity contribution in [3.8, 4) is 67.3 Å². The van der Waals surface area contributed by atoms with Gasteiger partial charge in [0.2, 0.25) is 0 Å². The minimum atomic E-state index is 0.902. The number of aromatic nitrogens is 16. The Morgan fingerprint density at radius 3 is 0.932 bits per heavy atom. The predicted octanol–water partition coefficient (Wildman–Crippen LogP) is 30.8. The normalized spacial score (nSPS) is 12.8. The molecule has 0 atom stereocenters. The average Bonchev–Trinajstić information content (AvgIpc) is 1.55. The molecule has 16 aromatic carbocycles. The van der Waals surface area contributed by atoms with Crippen LogP contribution in [0.4, 0.5) is 0 Å². The van der Waals surface area contributed by atoms with Crippen LogP contribution < -0.4 is 0 Å². The van der Waals surface area contributed by atoms with Crippen LogP contribution in [0.5, 0.6) is 0 Å². The molecule has 4 aliphatic carbocycles. The van der Waals surface area contributed by atoms with Gasteiger partial charge in [0.25, 0.3) is 0 Å². The number of hydrogen-bond acceptors (Lipinski definition) is 8. The lowest BCUT2D eigenvalue weighted by Crippen LogP contribution is -1.96. The second-order valence-corrected chi connectivity index (χ2v) is 39.7. The fourth-order valence-electron chi connectivity index (χ4n) is 26.0. The Morgan fingerprint density at radius 1 is 0.162 bits per heavy atom. The molecule has 0 amide bonds. The van der Waals surface area contributed by atoms with Gasteiger partial charge in [-0.3, -0.25) is 17.6 Å². The monoisotopic (exact) mass is 1890 g/mol. The molecular formula is C132H80N16. The van der Waals surface area contributed by atoms with E-state index in [1.807, 2.05) is 98.6 Å². The summed E-state index contributed by atoms with van der Waals surface area (Å²) >= 11 is 0. The van der Waals surface area contributed by atoms with Crippen molar-refractivity contribution in [2.75, 3.05) is 0 Å². The van der Waals surface area contributed by atoms with Gasteiger partial charge in [0.1, 0.15) is 45.2 Å². The fraction of sp³-hybridized carbons (Fsp3) is 0.0303. The van der Waals surface area contributed by atoms with Gasteiger partial charge >= 0.3 is 0 Å². The number of benzene rings is 16. The number of rotatable bonds is 4. The molecule has 32 aromatic rings. The Kier molecular flexibility index (Phi) is 16.8. The molecule has 0 saturated heterocycles. The summed E-state index contributed by atoms with van der Waals surface area (Å²) in [4.78, 5) is 37.7. The Morgan fingerprint density at radius 2 is 0.466 bits per heavy atom. The quantitative estimate of drug-likeness (QED) is 0.159. The van der Waals surface area contributed by atoms with Crippen LogP contribution in [-0.4, -0.2) is 75.7 Å². The highest BCUT2D eigenvalue weighted by Gasteiger charge is 2.34. The van der Waals surface area contributed by atoms with E-state index in [1.54, 1.807) is 0 Å². The van der Waals surface area contributed by atoms with Crippen molar-refractivity contribution < 1.29 is 0 Å². The summed E-state index contributed by atoms with van der Waals surface area (Å²) in [7, 11) is 0. The molecule has 36 rings (SSSR count). The molecule has 688 valence electrons. The van der Waals surface area contributed by atoms with E-state index in [2.05, 4.69) is 376 Å².